The van der Waals surface area contributed by atoms with E-state index in [0.717, 1.165) is 16.7 Å². The lowest BCUT2D eigenvalue weighted by Crippen LogP contribution is -1.77. The van der Waals surface area contributed by atoms with E-state index in [4.69, 9.17) is 74.0 Å². The highest BCUT2D eigenvalue weighted by atomic mass is 35.5. The molecule has 0 aliphatic rings. The molecule has 0 fully saturated rings. The Morgan fingerprint density at radius 2 is 1.67 bits per heavy atom. The topological polar surface area (TPSA) is 80.5 Å². The van der Waals surface area contributed by atoms with E-state index >= 15 is 0 Å². The monoisotopic (exact) mass is 565 g/mol. The van der Waals surface area contributed by atoms with Gasteiger partial charge in [0, 0.05) is 10.3 Å². The normalized spacial score (nSPS) is 10.6. The zero-order valence-corrected chi connectivity index (χ0v) is 20.5. The molecule has 0 bridgehead atoms. The summed E-state index contributed by atoms with van der Waals surface area (Å²) < 4.78 is 7.33. The van der Waals surface area contributed by atoms with E-state index in [0.29, 0.717) is 10.2 Å². The van der Waals surface area contributed by atoms with Gasteiger partial charge in [-0.25, -0.2) is 4.98 Å². The molecule has 16 heteroatoms. The third-order valence-corrected chi connectivity index (χ3v) is 6.05. The lowest BCUT2D eigenvalue weighted by atomic mass is 10.8. The molecule has 3 heterocycles. The minimum Gasteiger partial charge on any atom is -0.440 e. The van der Waals surface area contributed by atoms with E-state index < -0.39 is 8.34 Å². The molecule has 0 spiro atoms. The summed E-state index contributed by atoms with van der Waals surface area (Å²) in [6, 6.07) is 0. The van der Waals surface area contributed by atoms with Crippen molar-refractivity contribution in [1.29, 1.82) is 0 Å². The second kappa shape index (κ2) is 15.6. The lowest BCUT2D eigenvalue weighted by Gasteiger charge is -1.93. The minimum absolute atomic E-state index is 0.388. The zero-order valence-electron chi connectivity index (χ0n) is 12.7. The van der Waals surface area contributed by atoms with Crippen LogP contribution in [0.25, 0.3) is 0 Å². The van der Waals surface area contributed by atoms with Gasteiger partial charge in [-0.05, 0) is 23.3 Å². The van der Waals surface area contributed by atoms with Crippen LogP contribution in [0.4, 0.5) is 0 Å². The summed E-state index contributed by atoms with van der Waals surface area (Å²) in [6.07, 6.45) is 6.31. The number of thioether (sulfide) groups is 3. The van der Waals surface area contributed by atoms with Crippen LogP contribution in [0.15, 0.2) is 49.8 Å². The summed E-state index contributed by atoms with van der Waals surface area (Å²) in [5.41, 5.74) is 0. The molecule has 27 heavy (non-hydrogen) atoms. The fourth-order valence-corrected chi connectivity index (χ4v) is 4.57. The van der Waals surface area contributed by atoms with Gasteiger partial charge in [0.15, 0.2) is 12.5 Å². The van der Waals surface area contributed by atoms with Crippen LogP contribution in [0, 0.1) is 0 Å². The molecule has 0 unspecified atom stereocenters. The maximum Gasteiger partial charge on any atom is 0.258 e. The Labute approximate surface area is 201 Å². The molecular formula is C11H9Cl6N5OS4. The maximum atomic E-state index is 5.47. The Balaban J connectivity index is 0.000000202. The average Bonchev–Trinajstić information content (AvgIpc) is 3.30. The quantitative estimate of drug-likeness (QED) is 0.248. The minimum atomic E-state index is -0.511. The largest absolute Gasteiger partial charge is 0.440 e. The Bertz CT molecular complexity index is 591. The Morgan fingerprint density at radius 1 is 0.963 bits per heavy atom. The molecule has 6 nitrogen and oxygen atoms in total. The number of alkyl halides is 6. The van der Waals surface area contributed by atoms with Gasteiger partial charge >= 0.3 is 0 Å². The Hall–Kier alpha value is 0.770. The molecule has 0 radical (unpaired) electrons. The van der Waals surface area contributed by atoms with Gasteiger partial charge in [-0.1, -0.05) is 93.1 Å². The number of aromatic amines is 1. The van der Waals surface area contributed by atoms with Crippen molar-refractivity contribution in [3.8, 4) is 0 Å². The van der Waals surface area contributed by atoms with Crippen LogP contribution in [-0.2, 0) is 0 Å². The Kier molecular flexibility index (Phi) is 14.9. The van der Waals surface area contributed by atoms with Crippen LogP contribution in [-0.4, -0.2) is 37.3 Å². The van der Waals surface area contributed by atoms with Crippen LogP contribution in [0.3, 0.4) is 0 Å². The van der Waals surface area contributed by atoms with Gasteiger partial charge in [-0.2, -0.15) is 14.7 Å². The van der Waals surface area contributed by atoms with Crippen LogP contribution in [0.1, 0.15) is 0 Å². The molecule has 3 aromatic heterocycles. The SMILES string of the molecule is ClC(Cl)Sc1cn[nH]n1.ClC(Cl)Sc1cnsc1.ClC(Cl)Sc1ncco1. The van der Waals surface area contributed by atoms with E-state index in [2.05, 4.69) is 24.8 Å². The molecule has 0 amide bonds. The number of hydrogen-bond acceptors (Lipinski definition) is 9. The second-order valence-corrected chi connectivity index (χ2v) is 12.5. The third kappa shape index (κ3) is 14.4. The number of nitrogens with zero attached hydrogens (tertiary/aromatic N) is 4. The fourth-order valence-electron chi connectivity index (χ4n) is 1.04. The van der Waals surface area contributed by atoms with Gasteiger partial charge in [0.2, 0.25) is 0 Å². The molecular weight excluding hydrogens is 559 g/mol. The van der Waals surface area contributed by atoms with E-state index in [9.17, 15) is 0 Å². The number of oxazole rings is 1. The molecule has 1 N–H and O–H groups in total. The Morgan fingerprint density at radius 3 is 2.11 bits per heavy atom. The molecule has 0 aliphatic carbocycles. The van der Waals surface area contributed by atoms with Crippen molar-refractivity contribution in [1.82, 2.24) is 24.8 Å². The van der Waals surface area contributed by atoms with Gasteiger partial charge in [-0.15, -0.1) is 5.10 Å². The van der Waals surface area contributed by atoms with Crippen molar-refractivity contribution >= 4 is 116 Å². The summed E-state index contributed by atoms with van der Waals surface area (Å²) >= 11 is 37.7. The first-order chi connectivity index (χ1) is 12.9. The third-order valence-electron chi connectivity index (χ3n) is 1.84. The molecule has 3 rings (SSSR count). The number of hydrogen-bond donors (Lipinski definition) is 1. The molecule has 0 saturated carbocycles. The first kappa shape index (κ1) is 25.8. The van der Waals surface area contributed by atoms with E-state index in [1.807, 2.05) is 5.38 Å². The van der Waals surface area contributed by atoms with Crippen LogP contribution in [0.2, 0.25) is 0 Å². The number of halogens is 6. The van der Waals surface area contributed by atoms with Crippen molar-refractivity contribution < 1.29 is 4.42 Å². The lowest BCUT2D eigenvalue weighted by molar-refractivity contribution is 0.454. The second-order valence-electron chi connectivity index (χ2n) is 3.60. The summed E-state index contributed by atoms with van der Waals surface area (Å²) in [5.74, 6) is 0. The number of nitrogens with one attached hydrogen (secondary N) is 1. The maximum absolute atomic E-state index is 5.47. The predicted molar refractivity (Wildman–Crippen MR) is 119 cm³/mol. The van der Waals surface area contributed by atoms with Gasteiger partial charge in [-0.3, -0.25) is 0 Å². The van der Waals surface area contributed by atoms with Crippen molar-refractivity contribution in [3.05, 3.63) is 30.2 Å². The van der Waals surface area contributed by atoms with Gasteiger partial charge in [0.25, 0.3) is 5.22 Å². The van der Waals surface area contributed by atoms with Gasteiger partial charge in [0.05, 0.1) is 18.6 Å². The van der Waals surface area contributed by atoms with Crippen molar-refractivity contribution in [3.63, 3.8) is 0 Å². The number of H-pyrrole nitrogens is 1. The predicted octanol–water partition coefficient (Wildman–Crippen LogP) is 7.18. The van der Waals surface area contributed by atoms with Gasteiger partial charge in [0.1, 0.15) is 11.3 Å². The number of rotatable bonds is 6. The molecule has 0 atom stereocenters. The first-order valence-electron chi connectivity index (χ1n) is 6.36. The van der Waals surface area contributed by atoms with Crippen LogP contribution in [0.5, 0.6) is 0 Å². The summed E-state index contributed by atoms with van der Waals surface area (Å²) in [4.78, 5) is 4.81. The molecule has 0 aliphatic heterocycles. The standard InChI is InChI=1S/C4H3Cl2NOS.C4H3Cl2NS2.C3H3Cl2N3S/c5-3(6)9-4-7-1-2-8-4;5-4(6)9-3-1-7-8-2-3;4-3(5)9-2-1-6-8-7-2/h1-3H;1-2,4H;1,3H,(H,6,7,8). The summed E-state index contributed by atoms with van der Waals surface area (Å²) in [6.45, 7) is 0. The van der Waals surface area contributed by atoms with Crippen LogP contribution < -0.4 is 0 Å². The van der Waals surface area contributed by atoms with E-state index in [1.165, 1.54) is 41.3 Å². The van der Waals surface area contributed by atoms with E-state index in [-0.39, 0.29) is 4.17 Å². The molecule has 3 aromatic rings. The fraction of sp³-hybridized carbons (Fsp3) is 0.273. The first-order valence-corrected chi connectivity index (χ1v) is 12.4. The van der Waals surface area contributed by atoms with Crippen molar-refractivity contribution in [2.45, 2.75) is 27.6 Å². The molecule has 0 aromatic carbocycles. The highest BCUT2D eigenvalue weighted by Crippen LogP contribution is 2.28. The zero-order chi connectivity index (χ0) is 20.1. The molecule has 150 valence electrons. The average molecular weight is 568 g/mol. The summed E-state index contributed by atoms with van der Waals surface area (Å²) in [7, 11) is 0. The number of aromatic nitrogens is 5. The highest BCUT2D eigenvalue weighted by Gasteiger charge is 2.04. The molecule has 0 saturated heterocycles. The van der Waals surface area contributed by atoms with Crippen molar-refractivity contribution in [2.24, 2.45) is 0 Å². The van der Waals surface area contributed by atoms with Gasteiger partial charge < -0.3 is 4.42 Å². The van der Waals surface area contributed by atoms with Crippen molar-refractivity contribution in [2.75, 3.05) is 0 Å². The highest BCUT2D eigenvalue weighted by molar-refractivity contribution is 8.02. The summed E-state index contributed by atoms with van der Waals surface area (Å²) in [5, 5.41) is 12.8. The smallest absolute Gasteiger partial charge is 0.258 e. The van der Waals surface area contributed by atoms with Crippen LogP contribution >= 0.6 is 116 Å². The van der Waals surface area contributed by atoms with E-state index in [1.54, 1.807) is 18.6 Å².